The van der Waals surface area contributed by atoms with Crippen molar-refractivity contribution in [3.05, 3.63) is 70.7 Å². The molecular formula is C22H20BrN3O4S. The third-order valence-electron chi connectivity index (χ3n) is 4.12. The van der Waals surface area contributed by atoms with Gasteiger partial charge in [-0.3, -0.25) is 25.8 Å². The fraction of sp³-hybridized carbons (Fsp3) is 0.136. The monoisotopic (exact) mass is 501 g/mol. The lowest BCUT2D eigenvalue weighted by molar-refractivity contribution is -0.124. The number of thiocarbonyl (C=S) groups is 1. The summed E-state index contributed by atoms with van der Waals surface area (Å²) < 4.78 is 11.8. The summed E-state index contributed by atoms with van der Waals surface area (Å²) in [6.45, 7) is 1.50. The Balaban J connectivity index is 1.39. The molecule has 0 bridgehead atoms. The number of fused-ring (bicyclic) bond motifs is 1. The van der Waals surface area contributed by atoms with E-state index in [0.717, 1.165) is 20.8 Å². The molecule has 0 aliphatic rings. The fourth-order valence-electron chi connectivity index (χ4n) is 2.69. The van der Waals surface area contributed by atoms with Gasteiger partial charge in [-0.15, -0.1) is 0 Å². The highest BCUT2D eigenvalue weighted by molar-refractivity contribution is 9.10. The van der Waals surface area contributed by atoms with Crippen LogP contribution in [0.3, 0.4) is 0 Å². The Hall–Kier alpha value is -3.17. The summed E-state index contributed by atoms with van der Waals surface area (Å²) in [5, 5.41) is 4.29. The molecule has 0 saturated carbocycles. The van der Waals surface area contributed by atoms with Crippen molar-refractivity contribution in [3.8, 4) is 11.5 Å². The van der Waals surface area contributed by atoms with Gasteiger partial charge in [-0.05, 0) is 64.2 Å². The molecule has 0 atom stereocenters. The molecule has 9 heteroatoms. The zero-order valence-corrected chi connectivity index (χ0v) is 19.0. The molecule has 0 aliphatic heterocycles. The highest BCUT2D eigenvalue weighted by Gasteiger charge is 2.10. The van der Waals surface area contributed by atoms with Gasteiger partial charge in [-0.1, -0.05) is 42.5 Å². The van der Waals surface area contributed by atoms with E-state index in [4.69, 9.17) is 21.7 Å². The molecule has 0 spiro atoms. The molecular weight excluding hydrogens is 482 g/mol. The predicted molar refractivity (Wildman–Crippen MR) is 126 cm³/mol. The molecule has 31 heavy (non-hydrogen) atoms. The van der Waals surface area contributed by atoms with Crippen molar-refractivity contribution in [2.75, 3.05) is 13.2 Å². The van der Waals surface area contributed by atoms with E-state index in [1.54, 1.807) is 12.1 Å². The van der Waals surface area contributed by atoms with Crippen molar-refractivity contribution in [1.29, 1.82) is 0 Å². The minimum Gasteiger partial charge on any atom is -0.483 e. The number of hydrazine groups is 1. The van der Waals surface area contributed by atoms with E-state index < -0.39 is 11.8 Å². The smallest absolute Gasteiger partial charge is 0.276 e. The Kier molecular flexibility index (Phi) is 7.80. The number of rotatable bonds is 6. The summed E-state index contributed by atoms with van der Waals surface area (Å²) in [7, 11) is 0. The first-order valence-electron chi connectivity index (χ1n) is 9.30. The molecule has 3 aromatic rings. The van der Waals surface area contributed by atoms with E-state index in [9.17, 15) is 9.59 Å². The summed E-state index contributed by atoms with van der Waals surface area (Å²) in [6.07, 6.45) is 0. The number of aryl methyl sites for hydroxylation is 1. The molecule has 3 aromatic carbocycles. The molecule has 3 N–H and O–H groups in total. The molecule has 2 amide bonds. The van der Waals surface area contributed by atoms with E-state index in [0.29, 0.717) is 11.5 Å². The Morgan fingerprint density at radius 2 is 1.61 bits per heavy atom. The number of amides is 2. The Bertz CT molecular complexity index is 1120. The molecule has 3 rings (SSSR count). The normalized spacial score (nSPS) is 10.3. The van der Waals surface area contributed by atoms with E-state index in [1.165, 1.54) is 0 Å². The summed E-state index contributed by atoms with van der Waals surface area (Å²) in [5.74, 6) is 0.220. The van der Waals surface area contributed by atoms with Crippen LogP contribution >= 0.6 is 28.1 Å². The van der Waals surface area contributed by atoms with Gasteiger partial charge in [0.15, 0.2) is 18.3 Å². The van der Waals surface area contributed by atoms with E-state index in [1.807, 2.05) is 55.5 Å². The van der Waals surface area contributed by atoms with Crippen molar-refractivity contribution >= 4 is 55.8 Å². The van der Waals surface area contributed by atoms with Crippen molar-refractivity contribution in [2.24, 2.45) is 0 Å². The number of nitrogens with one attached hydrogen (secondary N) is 3. The predicted octanol–water partition coefficient (Wildman–Crippen LogP) is 3.39. The molecule has 7 nitrogen and oxygen atoms in total. The summed E-state index contributed by atoms with van der Waals surface area (Å²) >= 11 is 8.38. The first-order valence-corrected chi connectivity index (χ1v) is 10.5. The van der Waals surface area contributed by atoms with E-state index >= 15 is 0 Å². The molecule has 0 aliphatic carbocycles. The van der Waals surface area contributed by atoms with Crippen LogP contribution in [0.1, 0.15) is 5.56 Å². The van der Waals surface area contributed by atoms with Gasteiger partial charge in [0.05, 0.1) is 4.47 Å². The first-order chi connectivity index (χ1) is 14.9. The van der Waals surface area contributed by atoms with Gasteiger partial charge in [-0.2, -0.15) is 0 Å². The maximum absolute atomic E-state index is 12.0. The van der Waals surface area contributed by atoms with Crippen LogP contribution < -0.4 is 25.6 Å². The maximum Gasteiger partial charge on any atom is 0.276 e. The summed E-state index contributed by atoms with van der Waals surface area (Å²) in [6, 6.07) is 18.9. The van der Waals surface area contributed by atoms with Gasteiger partial charge in [0, 0.05) is 5.39 Å². The maximum atomic E-state index is 12.0. The first kappa shape index (κ1) is 22.5. The lowest BCUT2D eigenvalue weighted by Gasteiger charge is -2.13. The number of carbonyl (C=O) groups excluding carboxylic acids is 2. The average Bonchev–Trinajstić information content (AvgIpc) is 2.75. The third kappa shape index (κ3) is 6.66. The van der Waals surface area contributed by atoms with Crippen LogP contribution in [0, 0.1) is 6.92 Å². The quantitative estimate of drug-likeness (QED) is 0.354. The highest BCUT2D eigenvalue weighted by atomic mass is 79.9. The van der Waals surface area contributed by atoms with E-state index in [2.05, 4.69) is 32.1 Å². The molecule has 0 heterocycles. The SMILES string of the molecule is Cc1ccc(OCC(=O)NC(=S)NNC(=O)COc2cccc3ccccc23)c(Br)c1. The number of hydrogen-bond donors (Lipinski definition) is 3. The fourth-order valence-corrected chi connectivity index (χ4v) is 3.46. The molecule has 0 saturated heterocycles. The topological polar surface area (TPSA) is 88.7 Å². The Morgan fingerprint density at radius 3 is 2.42 bits per heavy atom. The van der Waals surface area contributed by atoms with Crippen LogP contribution in [-0.4, -0.2) is 30.1 Å². The van der Waals surface area contributed by atoms with Gasteiger partial charge in [0.2, 0.25) is 0 Å². The van der Waals surface area contributed by atoms with Crippen LogP contribution in [0.2, 0.25) is 0 Å². The van der Waals surface area contributed by atoms with Gasteiger partial charge in [0.1, 0.15) is 11.5 Å². The lowest BCUT2D eigenvalue weighted by atomic mass is 10.1. The van der Waals surface area contributed by atoms with Gasteiger partial charge in [-0.25, -0.2) is 0 Å². The van der Waals surface area contributed by atoms with Gasteiger partial charge >= 0.3 is 0 Å². The lowest BCUT2D eigenvalue weighted by Crippen LogP contribution is -2.50. The second kappa shape index (κ2) is 10.7. The van der Waals surface area contributed by atoms with Crippen LogP contribution in [0.25, 0.3) is 10.8 Å². The number of halogens is 1. The van der Waals surface area contributed by atoms with Crippen LogP contribution in [0.5, 0.6) is 11.5 Å². The van der Waals surface area contributed by atoms with Crippen molar-refractivity contribution in [3.63, 3.8) is 0 Å². The van der Waals surface area contributed by atoms with Gasteiger partial charge < -0.3 is 9.47 Å². The minimum atomic E-state index is -0.466. The molecule has 160 valence electrons. The van der Waals surface area contributed by atoms with Crippen molar-refractivity contribution in [2.45, 2.75) is 6.92 Å². The van der Waals surface area contributed by atoms with E-state index in [-0.39, 0.29) is 18.3 Å². The minimum absolute atomic E-state index is 0.0601. The number of ether oxygens (including phenoxy) is 2. The zero-order chi connectivity index (χ0) is 22.2. The molecule has 0 fully saturated rings. The summed E-state index contributed by atoms with van der Waals surface area (Å²) in [4.78, 5) is 24.0. The van der Waals surface area contributed by atoms with Gasteiger partial charge in [0.25, 0.3) is 11.8 Å². The second-order valence-corrected chi connectivity index (χ2v) is 7.80. The number of carbonyl (C=O) groups is 2. The van der Waals surface area contributed by atoms with Crippen LogP contribution in [-0.2, 0) is 9.59 Å². The standard InChI is InChI=1S/C22H20BrN3O4S/c1-14-9-10-19(17(23)11-14)30-12-20(27)24-22(31)26-25-21(28)13-29-18-8-4-6-15-5-2-3-7-16(15)18/h2-11H,12-13H2,1H3,(H,25,28)(H2,24,26,27,31). The zero-order valence-electron chi connectivity index (χ0n) is 16.6. The number of hydrogen-bond acceptors (Lipinski definition) is 5. The molecule has 0 unspecified atom stereocenters. The molecule has 0 radical (unpaired) electrons. The average molecular weight is 502 g/mol. The Labute approximate surface area is 193 Å². The third-order valence-corrected chi connectivity index (χ3v) is 4.95. The van der Waals surface area contributed by atoms with Crippen molar-refractivity contribution in [1.82, 2.24) is 16.2 Å². The highest BCUT2D eigenvalue weighted by Crippen LogP contribution is 2.26. The van der Waals surface area contributed by atoms with Crippen LogP contribution in [0.4, 0.5) is 0 Å². The second-order valence-electron chi connectivity index (χ2n) is 6.54. The largest absolute Gasteiger partial charge is 0.483 e. The Morgan fingerprint density at radius 1 is 0.903 bits per heavy atom. The number of benzene rings is 3. The van der Waals surface area contributed by atoms with Crippen molar-refractivity contribution < 1.29 is 19.1 Å². The van der Waals surface area contributed by atoms with Crippen LogP contribution in [0.15, 0.2) is 65.1 Å². The molecule has 0 aromatic heterocycles. The summed E-state index contributed by atoms with van der Waals surface area (Å²) in [5.41, 5.74) is 5.90.